The van der Waals surface area contributed by atoms with Gasteiger partial charge in [-0.1, -0.05) is 36.8 Å². The molecule has 0 aromatic heterocycles. The number of carbonyl (C=O) groups excluding carboxylic acids is 1. The van der Waals surface area contributed by atoms with Crippen molar-refractivity contribution in [2.45, 2.75) is 51.5 Å². The van der Waals surface area contributed by atoms with Crippen molar-refractivity contribution < 1.29 is 26.4 Å². The zero-order valence-electron chi connectivity index (χ0n) is 19.3. The smallest absolute Gasteiger partial charge is 0.350 e. The van der Waals surface area contributed by atoms with Crippen LogP contribution in [0.1, 0.15) is 42.9 Å². The van der Waals surface area contributed by atoms with Gasteiger partial charge in [0.25, 0.3) is 0 Å². The van der Waals surface area contributed by atoms with Crippen molar-refractivity contribution in [1.82, 2.24) is 10.2 Å². The number of amides is 1. The summed E-state index contributed by atoms with van der Waals surface area (Å²) in [7, 11) is -4.03. The van der Waals surface area contributed by atoms with Gasteiger partial charge in [-0.05, 0) is 62.2 Å². The first kappa shape index (κ1) is 26.0. The number of halogens is 3. The third-order valence-corrected chi connectivity index (χ3v) is 7.07. The molecule has 1 saturated heterocycles. The fourth-order valence-corrected chi connectivity index (χ4v) is 5.35. The molecule has 186 valence electrons. The Morgan fingerprint density at radius 1 is 1.06 bits per heavy atom. The first-order valence-corrected chi connectivity index (χ1v) is 13.0. The van der Waals surface area contributed by atoms with E-state index < -0.39 is 33.7 Å². The number of likely N-dealkylation sites (tertiary alicyclic amines) is 1. The van der Waals surface area contributed by atoms with Crippen LogP contribution in [-0.4, -0.2) is 44.6 Å². The highest BCUT2D eigenvalue weighted by Crippen LogP contribution is 2.32. The molecule has 10 heteroatoms. The summed E-state index contributed by atoms with van der Waals surface area (Å²) in [5.41, 5.74) is 0.781. The summed E-state index contributed by atoms with van der Waals surface area (Å²) in [6, 6.07) is 10.5. The SMILES string of the molecule is C[C@H](C(=O)NCc1cccc(CN2CCCCC2)c1)N(c1cccc(C(F)(F)F)c1)S(C)(=O)=O. The fourth-order valence-electron chi connectivity index (χ4n) is 4.18. The van der Waals surface area contributed by atoms with Crippen molar-refractivity contribution in [1.29, 1.82) is 0 Å². The number of hydrogen-bond donors (Lipinski definition) is 1. The van der Waals surface area contributed by atoms with Crippen molar-refractivity contribution in [3.8, 4) is 0 Å². The summed E-state index contributed by atoms with van der Waals surface area (Å²) >= 11 is 0. The number of rotatable bonds is 8. The van der Waals surface area contributed by atoms with Gasteiger partial charge in [0.05, 0.1) is 17.5 Å². The van der Waals surface area contributed by atoms with Crippen molar-refractivity contribution >= 4 is 21.6 Å². The first-order valence-electron chi connectivity index (χ1n) is 11.2. The van der Waals surface area contributed by atoms with Gasteiger partial charge in [0.1, 0.15) is 6.04 Å². The molecule has 1 heterocycles. The van der Waals surface area contributed by atoms with Crippen LogP contribution in [0, 0.1) is 0 Å². The van der Waals surface area contributed by atoms with Crippen LogP contribution in [0.25, 0.3) is 0 Å². The van der Waals surface area contributed by atoms with E-state index in [9.17, 15) is 26.4 Å². The van der Waals surface area contributed by atoms with E-state index in [1.54, 1.807) is 0 Å². The summed E-state index contributed by atoms with van der Waals surface area (Å²) in [6.07, 6.45) is -0.135. The number of benzene rings is 2. The number of hydrogen-bond acceptors (Lipinski definition) is 4. The highest BCUT2D eigenvalue weighted by molar-refractivity contribution is 7.92. The molecule has 2 aromatic rings. The molecular weight excluding hydrogens is 467 g/mol. The molecule has 0 aliphatic carbocycles. The second-order valence-corrected chi connectivity index (χ2v) is 10.5. The molecule has 3 rings (SSSR count). The van der Waals surface area contributed by atoms with Crippen molar-refractivity contribution in [2.75, 3.05) is 23.7 Å². The Kier molecular flexibility index (Phi) is 8.25. The maximum absolute atomic E-state index is 13.1. The van der Waals surface area contributed by atoms with Gasteiger partial charge in [-0.3, -0.25) is 14.0 Å². The van der Waals surface area contributed by atoms with Gasteiger partial charge in [-0.15, -0.1) is 0 Å². The summed E-state index contributed by atoms with van der Waals surface area (Å²) in [5.74, 6) is -0.607. The van der Waals surface area contributed by atoms with Crippen LogP contribution < -0.4 is 9.62 Å². The third-order valence-electron chi connectivity index (χ3n) is 5.83. The average molecular weight is 498 g/mol. The summed E-state index contributed by atoms with van der Waals surface area (Å²) in [4.78, 5) is 15.2. The zero-order chi connectivity index (χ0) is 24.9. The molecule has 1 N–H and O–H groups in total. The predicted octanol–water partition coefficient (Wildman–Crippen LogP) is 4.16. The fraction of sp³-hybridized carbons (Fsp3) is 0.458. The van der Waals surface area contributed by atoms with Gasteiger partial charge in [-0.25, -0.2) is 8.42 Å². The average Bonchev–Trinajstić information content (AvgIpc) is 2.77. The maximum atomic E-state index is 13.1. The quantitative estimate of drug-likeness (QED) is 0.595. The van der Waals surface area contributed by atoms with E-state index in [0.29, 0.717) is 4.31 Å². The first-order chi connectivity index (χ1) is 15.9. The molecule has 34 heavy (non-hydrogen) atoms. The number of nitrogens with one attached hydrogen (secondary N) is 1. The van der Waals surface area contributed by atoms with Crippen LogP contribution in [0.15, 0.2) is 48.5 Å². The van der Waals surface area contributed by atoms with Crippen LogP contribution >= 0.6 is 0 Å². The molecule has 0 unspecified atom stereocenters. The van der Waals surface area contributed by atoms with Crippen molar-refractivity contribution in [3.05, 3.63) is 65.2 Å². The third kappa shape index (κ3) is 6.96. The number of carbonyl (C=O) groups is 1. The number of nitrogens with zero attached hydrogens (tertiary/aromatic N) is 2. The molecular formula is C24H30F3N3O3S. The van der Waals surface area contributed by atoms with E-state index in [4.69, 9.17) is 0 Å². The van der Waals surface area contributed by atoms with E-state index in [1.165, 1.54) is 32.3 Å². The Morgan fingerprint density at radius 2 is 1.71 bits per heavy atom. The molecule has 1 fully saturated rings. The lowest BCUT2D eigenvalue weighted by Crippen LogP contribution is -2.47. The number of sulfonamides is 1. The Morgan fingerprint density at radius 3 is 2.35 bits per heavy atom. The Hall–Kier alpha value is -2.59. The number of alkyl halides is 3. The normalized spacial score (nSPS) is 16.1. The van der Waals surface area contributed by atoms with Crippen molar-refractivity contribution in [3.63, 3.8) is 0 Å². The molecule has 1 amide bonds. The minimum absolute atomic E-state index is 0.178. The Labute approximate surface area is 198 Å². The molecule has 0 radical (unpaired) electrons. The zero-order valence-corrected chi connectivity index (χ0v) is 20.1. The van der Waals surface area contributed by atoms with E-state index in [-0.39, 0.29) is 12.2 Å². The molecule has 1 aliphatic heterocycles. The summed E-state index contributed by atoms with van der Waals surface area (Å²) < 4.78 is 64.9. The van der Waals surface area contributed by atoms with Gasteiger partial charge in [-0.2, -0.15) is 13.2 Å². The van der Waals surface area contributed by atoms with Crippen LogP contribution in [0.4, 0.5) is 18.9 Å². The van der Waals surface area contributed by atoms with Gasteiger partial charge in [0.15, 0.2) is 0 Å². The molecule has 2 aromatic carbocycles. The maximum Gasteiger partial charge on any atom is 0.416 e. The topological polar surface area (TPSA) is 69.7 Å². The van der Waals surface area contributed by atoms with E-state index in [2.05, 4.69) is 10.2 Å². The van der Waals surface area contributed by atoms with Gasteiger partial charge >= 0.3 is 6.18 Å². The summed E-state index contributed by atoms with van der Waals surface area (Å²) in [5, 5.41) is 2.72. The van der Waals surface area contributed by atoms with Gasteiger partial charge < -0.3 is 5.32 Å². The van der Waals surface area contributed by atoms with Crippen molar-refractivity contribution in [2.24, 2.45) is 0 Å². The Bertz CT molecular complexity index is 1100. The van der Waals surface area contributed by atoms with E-state index in [1.807, 2.05) is 24.3 Å². The van der Waals surface area contributed by atoms with Gasteiger partial charge in [0, 0.05) is 13.1 Å². The lowest BCUT2D eigenvalue weighted by atomic mass is 10.1. The highest BCUT2D eigenvalue weighted by Gasteiger charge is 2.34. The van der Waals surface area contributed by atoms with Gasteiger partial charge in [0.2, 0.25) is 15.9 Å². The molecule has 0 bridgehead atoms. The standard InChI is InChI=1S/C24H30F3N3O3S/c1-18(30(34(2,32)33)22-11-7-10-21(15-22)24(25,26)27)23(31)28-16-19-8-6-9-20(14-19)17-29-12-4-3-5-13-29/h6-11,14-15,18H,3-5,12-13,16-17H2,1-2H3,(H,28,31)/t18-/m1/s1. The minimum atomic E-state index is -4.64. The monoisotopic (exact) mass is 497 g/mol. The highest BCUT2D eigenvalue weighted by atomic mass is 32.2. The Balaban J connectivity index is 1.70. The molecule has 0 saturated carbocycles. The van der Waals surface area contributed by atoms with Crippen LogP contribution in [0.2, 0.25) is 0 Å². The number of anilines is 1. The van der Waals surface area contributed by atoms with Crippen LogP contribution in [-0.2, 0) is 34.1 Å². The lowest BCUT2D eigenvalue weighted by Gasteiger charge is -2.29. The minimum Gasteiger partial charge on any atom is -0.350 e. The van der Waals surface area contributed by atoms with E-state index >= 15 is 0 Å². The van der Waals surface area contributed by atoms with Crippen LogP contribution in [0.5, 0.6) is 0 Å². The molecule has 1 atom stereocenters. The lowest BCUT2D eigenvalue weighted by molar-refractivity contribution is -0.137. The van der Waals surface area contributed by atoms with Crippen LogP contribution in [0.3, 0.4) is 0 Å². The molecule has 6 nitrogen and oxygen atoms in total. The summed E-state index contributed by atoms with van der Waals surface area (Å²) in [6.45, 7) is 4.49. The second-order valence-electron chi connectivity index (χ2n) is 8.66. The molecule has 0 spiro atoms. The molecule has 1 aliphatic rings. The predicted molar refractivity (Wildman–Crippen MR) is 126 cm³/mol. The number of piperidine rings is 1. The van der Waals surface area contributed by atoms with E-state index in [0.717, 1.165) is 55.2 Å². The largest absolute Gasteiger partial charge is 0.416 e. The second kappa shape index (κ2) is 10.8.